The molecule has 1 saturated heterocycles. The van der Waals surface area contributed by atoms with Crippen LogP contribution in [-0.4, -0.2) is 40.5 Å². The molecule has 2 aliphatic heterocycles. The third-order valence-electron chi connectivity index (χ3n) is 6.35. The topological polar surface area (TPSA) is 36.4 Å². The molecule has 0 radical (unpaired) electrons. The lowest BCUT2D eigenvalue weighted by molar-refractivity contribution is -0.123. The van der Waals surface area contributed by atoms with Gasteiger partial charge < -0.3 is 4.90 Å². The zero-order valence-corrected chi connectivity index (χ0v) is 16.7. The molecule has 3 heterocycles. The number of carbonyl (C=O) groups is 1. The van der Waals surface area contributed by atoms with E-state index in [0.717, 1.165) is 31.6 Å². The van der Waals surface area contributed by atoms with Gasteiger partial charge in [0.25, 0.3) is 0 Å². The molecule has 1 saturated carbocycles. The first kappa shape index (κ1) is 17.4. The molecule has 4 rings (SSSR count). The van der Waals surface area contributed by atoms with E-state index in [4.69, 9.17) is 0 Å². The van der Waals surface area contributed by atoms with Gasteiger partial charge in [-0.05, 0) is 81.5 Å². The largest absolute Gasteiger partial charge is 0.307 e. The molecule has 1 amide bonds. The van der Waals surface area contributed by atoms with Gasteiger partial charge in [0.2, 0.25) is 11.9 Å². The van der Waals surface area contributed by atoms with E-state index in [-0.39, 0.29) is 17.5 Å². The second kappa shape index (κ2) is 5.74. The van der Waals surface area contributed by atoms with Gasteiger partial charge in [-0.2, -0.15) is 4.39 Å². The van der Waals surface area contributed by atoms with Gasteiger partial charge in [0.1, 0.15) is 0 Å². The number of likely N-dealkylation sites (tertiary alicyclic amines) is 1. The molecule has 0 spiro atoms. The highest BCUT2D eigenvalue weighted by Crippen LogP contribution is 2.49. The van der Waals surface area contributed by atoms with Crippen molar-refractivity contribution in [3.63, 3.8) is 0 Å². The maximum atomic E-state index is 13.9. The summed E-state index contributed by atoms with van der Waals surface area (Å²) in [6.45, 7) is 8.34. The van der Waals surface area contributed by atoms with Crippen molar-refractivity contribution in [1.29, 1.82) is 0 Å². The first-order chi connectivity index (χ1) is 11.7. The smallest absolute Gasteiger partial charge is 0.239 e. The third kappa shape index (κ3) is 2.55. The van der Waals surface area contributed by atoms with Gasteiger partial charge in [-0.25, -0.2) is 4.98 Å². The Bertz CT molecular complexity index is 724. The van der Waals surface area contributed by atoms with Crippen LogP contribution in [0.4, 0.5) is 10.1 Å². The number of fused-ring (bicyclic) bond motifs is 1. The molecular formula is C19H25BrFN3O. The van der Waals surface area contributed by atoms with Crippen molar-refractivity contribution in [2.75, 3.05) is 18.0 Å². The van der Waals surface area contributed by atoms with Crippen LogP contribution >= 0.6 is 15.9 Å². The maximum absolute atomic E-state index is 13.9. The van der Waals surface area contributed by atoms with Gasteiger partial charge in [-0.1, -0.05) is 6.42 Å². The number of anilines is 1. The zero-order valence-electron chi connectivity index (χ0n) is 15.1. The van der Waals surface area contributed by atoms with Crippen LogP contribution in [0.5, 0.6) is 0 Å². The first-order valence-electron chi connectivity index (χ1n) is 9.19. The Kier molecular flexibility index (Phi) is 4.00. The summed E-state index contributed by atoms with van der Waals surface area (Å²) in [7, 11) is 0. The molecule has 0 bridgehead atoms. The summed E-state index contributed by atoms with van der Waals surface area (Å²) in [5, 5.41) is 0. The van der Waals surface area contributed by atoms with Gasteiger partial charge in [-0.3, -0.25) is 9.69 Å². The summed E-state index contributed by atoms with van der Waals surface area (Å²) in [6, 6.07) is 1.90. The van der Waals surface area contributed by atoms with Crippen LogP contribution in [0.2, 0.25) is 0 Å². The first-order valence-corrected chi connectivity index (χ1v) is 9.98. The molecule has 1 aromatic rings. The number of amides is 1. The lowest BCUT2D eigenvalue weighted by Crippen LogP contribution is -2.64. The van der Waals surface area contributed by atoms with E-state index in [1.165, 1.54) is 19.3 Å². The van der Waals surface area contributed by atoms with Crippen molar-refractivity contribution < 1.29 is 9.18 Å². The Morgan fingerprint density at radius 1 is 1.20 bits per heavy atom. The van der Waals surface area contributed by atoms with Gasteiger partial charge in [0, 0.05) is 11.6 Å². The minimum atomic E-state index is -0.770. The van der Waals surface area contributed by atoms with Crippen LogP contribution in [-0.2, 0) is 10.2 Å². The Morgan fingerprint density at radius 3 is 2.48 bits per heavy atom. The number of hydrogen-bond donors (Lipinski definition) is 0. The number of rotatable bonds is 2. The van der Waals surface area contributed by atoms with Gasteiger partial charge in [-0.15, -0.1) is 0 Å². The zero-order chi connectivity index (χ0) is 18.0. The number of piperidine rings is 1. The van der Waals surface area contributed by atoms with Crippen molar-refractivity contribution in [2.24, 2.45) is 0 Å². The molecule has 1 aromatic heterocycles. The number of aromatic nitrogens is 1. The maximum Gasteiger partial charge on any atom is 0.239 e. The van der Waals surface area contributed by atoms with Crippen LogP contribution in [0.15, 0.2) is 10.5 Å². The third-order valence-corrected chi connectivity index (χ3v) is 6.91. The molecule has 0 N–H and O–H groups in total. The van der Waals surface area contributed by atoms with Gasteiger partial charge in [0.15, 0.2) is 0 Å². The average molecular weight is 410 g/mol. The molecule has 2 fully saturated rings. The molecule has 3 aliphatic rings. The second-order valence-electron chi connectivity index (χ2n) is 8.54. The van der Waals surface area contributed by atoms with Crippen LogP contribution in [0.1, 0.15) is 58.6 Å². The summed E-state index contributed by atoms with van der Waals surface area (Å²) >= 11 is 3.22. The SMILES string of the molecule is CC1(C)C(=O)N([C@H]2C[C@@](C)(N3CCCCC3)C2)c2cc(Br)c(F)nc21. The Labute approximate surface area is 156 Å². The lowest BCUT2D eigenvalue weighted by Gasteiger charge is -2.55. The Balaban J connectivity index is 1.60. The van der Waals surface area contributed by atoms with E-state index in [2.05, 4.69) is 32.7 Å². The number of nitrogens with zero attached hydrogens (tertiary/aromatic N) is 3. The summed E-state index contributed by atoms with van der Waals surface area (Å²) in [5.74, 6) is -0.508. The molecule has 25 heavy (non-hydrogen) atoms. The van der Waals surface area contributed by atoms with Gasteiger partial charge in [0.05, 0.1) is 21.3 Å². The highest BCUT2D eigenvalue weighted by atomic mass is 79.9. The molecule has 4 nitrogen and oxygen atoms in total. The van der Waals surface area contributed by atoms with Crippen LogP contribution in [0, 0.1) is 5.95 Å². The van der Waals surface area contributed by atoms with E-state index >= 15 is 0 Å². The number of pyridine rings is 1. The normalized spacial score (nSPS) is 31.8. The summed E-state index contributed by atoms with van der Waals surface area (Å²) in [6.07, 6.45) is 5.82. The highest BCUT2D eigenvalue weighted by Gasteiger charge is 2.54. The van der Waals surface area contributed by atoms with Crippen LogP contribution in [0.3, 0.4) is 0 Å². The monoisotopic (exact) mass is 409 g/mol. The molecule has 1 aliphatic carbocycles. The number of hydrogen-bond acceptors (Lipinski definition) is 3. The fraction of sp³-hybridized carbons (Fsp3) is 0.684. The minimum absolute atomic E-state index is 0.0400. The van der Waals surface area contributed by atoms with E-state index in [1.807, 2.05) is 18.7 Å². The van der Waals surface area contributed by atoms with Crippen molar-refractivity contribution >= 4 is 27.5 Å². The fourth-order valence-electron chi connectivity index (χ4n) is 4.80. The average Bonchev–Trinajstić information content (AvgIpc) is 2.73. The fourth-order valence-corrected chi connectivity index (χ4v) is 5.11. The quantitative estimate of drug-likeness (QED) is 0.692. The summed E-state index contributed by atoms with van der Waals surface area (Å²) < 4.78 is 14.3. The van der Waals surface area contributed by atoms with Crippen molar-refractivity contribution in [3.05, 3.63) is 22.2 Å². The summed E-state index contributed by atoms with van der Waals surface area (Å²) in [4.78, 5) is 21.6. The minimum Gasteiger partial charge on any atom is -0.307 e. The van der Waals surface area contributed by atoms with E-state index < -0.39 is 11.4 Å². The van der Waals surface area contributed by atoms with E-state index in [9.17, 15) is 9.18 Å². The Hall–Kier alpha value is -1.01. The molecule has 0 aromatic carbocycles. The highest BCUT2D eigenvalue weighted by molar-refractivity contribution is 9.10. The molecule has 136 valence electrons. The molecule has 0 atom stereocenters. The van der Waals surface area contributed by atoms with Crippen LogP contribution in [0.25, 0.3) is 0 Å². The molecular weight excluding hydrogens is 385 g/mol. The number of halogens is 2. The lowest BCUT2D eigenvalue weighted by atomic mass is 9.71. The van der Waals surface area contributed by atoms with Crippen LogP contribution < -0.4 is 4.90 Å². The van der Waals surface area contributed by atoms with E-state index in [0.29, 0.717) is 10.2 Å². The van der Waals surface area contributed by atoms with E-state index in [1.54, 1.807) is 6.07 Å². The standard InChI is InChI=1S/C19H25BrFN3O/c1-18(2)15-14(9-13(20)16(21)22-15)24(17(18)25)12-10-19(3,11-12)23-7-5-4-6-8-23/h9,12H,4-8,10-11H2,1-3H3/t12-,19+. The van der Waals surface area contributed by atoms with Gasteiger partial charge >= 0.3 is 0 Å². The van der Waals surface area contributed by atoms with Crippen molar-refractivity contribution in [1.82, 2.24) is 9.88 Å². The number of carbonyl (C=O) groups excluding carboxylic acids is 1. The summed E-state index contributed by atoms with van der Waals surface area (Å²) in [5.41, 5.74) is 0.746. The van der Waals surface area contributed by atoms with Crippen molar-refractivity contribution in [2.45, 2.75) is 69.9 Å². The molecule has 6 heteroatoms. The Morgan fingerprint density at radius 2 is 1.84 bits per heavy atom. The van der Waals surface area contributed by atoms with Crippen molar-refractivity contribution in [3.8, 4) is 0 Å². The predicted molar refractivity (Wildman–Crippen MR) is 99.3 cm³/mol. The molecule has 0 unspecified atom stereocenters. The predicted octanol–water partition coefficient (Wildman–Crippen LogP) is 4.01. The second-order valence-corrected chi connectivity index (χ2v) is 9.39.